The van der Waals surface area contributed by atoms with Gasteiger partial charge in [-0.25, -0.2) is 0 Å². The number of hydrogen-bond donors (Lipinski definition) is 1. The number of ether oxygens (including phenoxy) is 1. The summed E-state index contributed by atoms with van der Waals surface area (Å²) in [7, 11) is 1.63. The van der Waals surface area contributed by atoms with Crippen molar-refractivity contribution in [2.24, 2.45) is 15.9 Å². The van der Waals surface area contributed by atoms with E-state index in [1.165, 1.54) is 0 Å². The number of nitrogens with zero attached hydrogens (tertiary/aromatic N) is 2. The van der Waals surface area contributed by atoms with E-state index in [2.05, 4.69) is 10.1 Å². The summed E-state index contributed by atoms with van der Waals surface area (Å²) >= 11 is 0. The van der Waals surface area contributed by atoms with E-state index < -0.39 is 0 Å². The van der Waals surface area contributed by atoms with Gasteiger partial charge in [0.1, 0.15) is 24.8 Å². The van der Waals surface area contributed by atoms with Crippen molar-refractivity contribution in [3.8, 4) is 5.75 Å². The smallest absolute Gasteiger partial charge is 0.152 e. The van der Waals surface area contributed by atoms with Crippen LogP contribution in [0.25, 0.3) is 0 Å². The molecule has 0 atom stereocenters. The third kappa shape index (κ3) is 4.35. The average Bonchev–Trinajstić information content (AvgIpc) is 2.62. The molecule has 2 rings (SSSR count). The molecule has 0 unspecified atom stereocenters. The minimum absolute atomic E-state index is 0.326. The van der Waals surface area contributed by atoms with Gasteiger partial charge < -0.3 is 15.3 Å². The molecule has 0 radical (unpaired) electrons. The Morgan fingerprint density at radius 3 is 2.50 bits per heavy atom. The minimum atomic E-state index is 0.326. The van der Waals surface area contributed by atoms with Gasteiger partial charge in [0, 0.05) is 12.6 Å². The van der Waals surface area contributed by atoms with Gasteiger partial charge in [-0.1, -0.05) is 47.6 Å². The van der Waals surface area contributed by atoms with Crippen LogP contribution in [0, 0.1) is 6.92 Å². The number of hydrogen-bond acceptors (Lipinski definition) is 4. The predicted octanol–water partition coefficient (Wildman–Crippen LogP) is 3.30. The zero-order valence-corrected chi connectivity index (χ0v) is 14.3. The first-order chi connectivity index (χ1) is 11.7. The number of amidine groups is 1. The first kappa shape index (κ1) is 17.5. The van der Waals surface area contributed by atoms with Crippen molar-refractivity contribution in [3.63, 3.8) is 0 Å². The van der Waals surface area contributed by atoms with Crippen molar-refractivity contribution in [2.45, 2.75) is 20.5 Å². The molecule has 0 amide bonds. The number of benzene rings is 2. The summed E-state index contributed by atoms with van der Waals surface area (Å²) in [5, 5.41) is 4.12. The molecular formula is C19H23N3O2. The van der Waals surface area contributed by atoms with E-state index in [0.717, 1.165) is 22.4 Å². The molecule has 2 aromatic carbocycles. The van der Waals surface area contributed by atoms with Crippen LogP contribution < -0.4 is 10.5 Å². The molecule has 0 heterocycles. The highest BCUT2D eigenvalue weighted by Crippen LogP contribution is 2.19. The number of para-hydroxylation sites is 1. The SMILES string of the molecule is CCON=C(C(N)=NC)c1ccccc1COc1ccccc1C. The molecule has 0 saturated heterocycles. The maximum atomic E-state index is 5.99. The van der Waals surface area contributed by atoms with Gasteiger partial charge in [0.25, 0.3) is 0 Å². The number of aliphatic imine (C=N–C) groups is 1. The van der Waals surface area contributed by atoms with Gasteiger partial charge in [0.15, 0.2) is 5.71 Å². The lowest BCUT2D eigenvalue weighted by molar-refractivity contribution is 0.159. The van der Waals surface area contributed by atoms with Gasteiger partial charge in [-0.2, -0.15) is 0 Å². The number of nitrogens with two attached hydrogens (primary N) is 1. The summed E-state index contributed by atoms with van der Waals surface area (Å²) in [6.07, 6.45) is 0. The summed E-state index contributed by atoms with van der Waals surface area (Å²) in [5.74, 6) is 1.18. The Labute approximate surface area is 142 Å². The number of aryl methyl sites for hydroxylation is 1. The molecule has 5 heteroatoms. The van der Waals surface area contributed by atoms with E-state index in [-0.39, 0.29) is 0 Å². The summed E-state index contributed by atoms with van der Waals surface area (Å²) in [6.45, 7) is 4.75. The molecule has 24 heavy (non-hydrogen) atoms. The van der Waals surface area contributed by atoms with Crippen molar-refractivity contribution in [2.75, 3.05) is 13.7 Å². The van der Waals surface area contributed by atoms with Gasteiger partial charge in [-0.15, -0.1) is 0 Å². The minimum Gasteiger partial charge on any atom is -0.489 e. The van der Waals surface area contributed by atoms with Crippen LogP contribution in [0.1, 0.15) is 23.6 Å². The molecule has 126 valence electrons. The van der Waals surface area contributed by atoms with Gasteiger partial charge in [0.2, 0.25) is 0 Å². The second-order valence-electron chi connectivity index (χ2n) is 5.18. The lowest BCUT2D eigenvalue weighted by atomic mass is 10.0. The molecule has 0 aliphatic carbocycles. The molecule has 2 N–H and O–H groups in total. The molecule has 0 saturated carbocycles. The van der Waals surface area contributed by atoms with Crippen LogP contribution in [0.15, 0.2) is 58.7 Å². The van der Waals surface area contributed by atoms with Gasteiger partial charge in [0.05, 0.1) is 0 Å². The Balaban J connectivity index is 2.30. The van der Waals surface area contributed by atoms with Crippen LogP contribution in [0.2, 0.25) is 0 Å². The van der Waals surface area contributed by atoms with Gasteiger partial charge >= 0.3 is 0 Å². The zero-order valence-electron chi connectivity index (χ0n) is 14.3. The van der Waals surface area contributed by atoms with Crippen LogP contribution in [-0.2, 0) is 11.4 Å². The fourth-order valence-corrected chi connectivity index (χ4v) is 2.22. The van der Waals surface area contributed by atoms with E-state index in [1.807, 2.05) is 62.4 Å². The lowest BCUT2D eigenvalue weighted by Gasteiger charge is -2.13. The third-order valence-electron chi connectivity index (χ3n) is 3.52. The average molecular weight is 325 g/mol. The second-order valence-corrected chi connectivity index (χ2v) is 5.18. The molecule has 0 aliphatic rings. The Morgan fingerprint density at radius 1 is 1.08 bits per heavy atom. The molecule has 0 aromatic heterocycles. The van der Waals surface area contributed by atoms with E-state index >= 15 is 0 Å². The zero-order chi connectivity index (χ0) is 17.4. The standard InChI is InChI=1S/C19H23N3O2/c1-4-24-22-18(19(20)21-3)16-11-7-6-10-15(16)13-23-17-12-8-5-9-14(17)2/h5-12H,4,13H2,1-3H3,(H2,20,21). The third-order valence-corrected chi connectivity index (χ3v) is 3.52. The highest BCUT2D eigenvalue weighted by atomic mass is 16.6. The van der Waals surface area contributed by atoms with Crippen LogP contribution >= 0.6 is 0 Å². The fraction of sp³-hybridized carbons (Fsp3) is 0.263. The van der Waals surface area contributed by atoms with Gasteiger partial charge in [-0.3, -0.25) is 4.99 Å². The molecule has 0 fully saturated rings. The quantitative estimate of drug-likeness (QED) is 0.482. The number of rotatable bonds is 7. The van der Waals surface area contributed by atoms with E-state index in [0.29, 0.717) is 24.8 Å². The highest BCUT2D eigenvalue weighted by molar-refractivity contribution is 6.47. The van der Waals surface area contributed by atoms with Crippen molar-refractivity contribution in [3.05, 3.63) is 65.2 Å². The monoisotopic (exact) mass is 325 g/mol. The molecular weight excluding hydrogens is 302 g/mol. The Bertz CT molecular complexity index is 739. The van der Waals surface area contributed by atoms with Crippen LogP contribution in [-0.4, -0.2) is 25.2 Å². The van der Waals surface area contributed by atoms with Crippen LogP contribution in [0.4, 0.5) is 0 Å². The second kappa shape index (κ2) is 8.72. The highest BCUT2D eigenvalue weighted by Gasteiger charge is 2.14. The topological polar surface area (TPSA) is 69.2 Å². The Morgan fingerprint density at radius 2 is 1.79 bits per heavy atom. The van der Waals surface area contributed by atoms with E-state index in [9.17, 15) is 0 Å². The summed E-state index contributed by atoms with van der Waals surface area (Å²) in [6, 6.07) is 15.7. The molecule has 2 aromatic rings. The van der Waals surface area contributed by atoms with E-state index in [1.54, 1.807) is 7.05 Å². The lowest BCUT2D eigenvalue weighted by Crippen LogP contribution is -2.26. The number of oxime groups is 1. The molecule has 0 bridgehead atoms. The normalized spacial score (nSPS) is 12.1. The first-order valence-electron chi connectivity index (χ1n) is 7.86. The molecule has 0 aliphatic heterocycles. The Hall–Kier alpha value is -2.82. The maximum Gasteiger partial charge on any atom is 0.152 e. The largest absolute Gasteiger partial charge is 0.489 e. The van der Waals surface area contributed by atoms with Crippen LogP contribution in [0.3, 0.4) is 0 Å². The summed E-state index contributed by atoms with van der Waals surface area (Å²) < 4.78 is 5.96. The van der Waals surface area contributed by atoms with Crippen LogP contribution in [0.5, 0.6) is 5.75 Å². The van der Waals surface area contributed by atoms with E-state index in [4.69, 9.17) is 15.3 Å². The molecule has 5 nitrogen and oxygen atoms in total. The maximum absolute atomic E-state index is 5.99. The van der Waals surface area contributed by atoms with Gasteiger partial charge in [-0.05, 0) is 31.0 Å². The molecule has 0 spiro atoms. The predicted molar refractivity (Wildman–Crippen MR) is 97.7 cm³/mol. The fourth-order valence-electron chi connectivity index (χ4n) is 2.22. The Kier molecular flexibility index (Phi) is 6.37. The summed E-state index contributed by atoms with van der Waals surface area (Å²) in [5.41, 5.74) is 9.41. The van der Waals surface area contributed by atoms with Crippen molar-refractivity contribution in [1.82, 2.24) is 0 Å². The van der Waals surface area contributed by atoms with Crippen molar-refractivity contribution < 1.29 is 9.57 Å². The van der Waals surface area contributed by atoms with Crippen molar-refractivity contribution in [1.29, 1.82) is 0 Å². The summed E-state index contributed by atoms with van der Waals surface area (Å²) in [4.78, 5) is 9.23. The van der Waals surface area contributed by atoms with Crippen molar-refractivity contribution >= 4 is 11.5 Å². The first-order valence-corrected chi connectivity index (χ1v) is 7.86.